The highest BCUT2D eigenvalue weighted by Gasteiger charge is 2.14. The monoisotopic (exact) mass is 437 g/mol. The Kier molecular flexibility index (Phi) is 5.21. The maximum Gasteiger partial charge on any atom is 0.257 e. The number of fused-ring (bicyclic) bond motifs is 1. The van der Waals surface area contributed by atoms with Crippen molar-refractivity contribution in [3.8, 4) is 22.4 Å². The second-order valence-electron chi connectivity index (χ2n) is 7.67. The summed E-state index contributed by atoms with van der Waals surface area (Å²) in [7, 11) is 0. The number of nitrogens with one attached hydrogen (secondary N) is 1. The van der Waals surface area contributed by atoms with Crippen LogP contribution in [0.3, 0.4) is 0 Å². The van der Waals surface area contributed by atoms with Gasteiger partial charge in [-0.15, -0.1) is 0 Å². The molecule has 2 heterocycles. The maximum atomic E-state index is 12.8. The lowest BCUT2D eigenvalue weighted by molar-refractivity contribution is 0.102. The van der Waals surface area contributed by atoms with Crippen LogP contribution in [0.1, 0.15) is 15.9 Å². The molecule has 0 saturated carbocycles. The Hall–Kier alpha value is -3.89. The van der Waals surface area contributed by atoms with E-state index < -0.39 is 0 Å². The predicted molar refractivity (Wildman–Crippen MR) is 130 cm³/mol. The van der Waals surface area contributed by atoms with E-state index in [1.54, 1.807) is 24.3 Å². The van der Waals surface area contributed by atoms with Crippen LogP contribution >= 0.6 is 11.6 Å². The Morgan fingerprint density at radius 2 is 1.50 bits per heavy atom. The van der Waals surface area contributed by atoms with Gasteiger partial charge in [0.2, 0.25) is 0 Å². The van der Waals surface area contributed by atoms with Gasteiger partial charge in [0.1, 0.15) is 0 Å². The van der Waals surface area contributed by atoms with Gasteiger partial charge in [0.25, 0.3) is 5.91 Å². The number of hydrogen-bond acceptors (Lipinski definition) is 2. The minimum atomic E-state index is -0.264. The number of hydrogen-bond donors (Lipinski definition) is 1. The largest absolute Gasteiger partial charge is 0.319 e. The van der Waals surface area contributed by atoms with Crippen LogP contribution in [0.4, 0.5) is 5.69 Å². The molecule has 3 aromatic carbocycles. The van der Waals surface area contributed by atoms with Crippen LogP contribution in [0.25, 0.3) is 28.0 Å². The molecular formula is C27H20ClN3O. The van der Waals surface area contributed by atoms with Crippen molar-refractivity contribution in [2.24, 2.45) is 0 Å². The molecule has 5 heteroatoms. The second kappa shape index (κ2) is 8.33. The van der Waals surface area contributed by atoms with E-state index in [2.05, 4.69) is 41.7 Å². The Labute approximate surface area is 191 Å². The number of anilines is 1. The second-order valence-corrected chi connectivity index (χ2v) is 8.07. The summed E-state index contributed by atoms with van der Waals surface area (Å²) in [5, 5.41) is 3.38. The van der Waals surface area contributed by atoms with Gasteiger partial charge in [-0.3, -0.25) is 4.79 Å². The molecule has 0 atom stereocenters. The predicted octanol–water partition coefficient (Wildman–Crippen LogP) is 6.88. The number of carbonyl (C=O) groups excluding carboxylic acids is 1. The molecule has 5 rings (SSSR count). The molecule has 0 aliphatic heterocycles. The number of carbonyl (C=O) groups is 1. The van der Waals surface area contributed by atoms with Gasteiger partial charge in [0.15, 0.2) is 5.65 Å². The topological polar surface area (TPSA) is 46.4 Å². The maximum absolute atomic E-state index is 12.8. The summed E-state index contributed by atoms with van der Waals surface area (Å²) in [6.07, 6.45) is 3.97. The lowest BCUT2D eigenvalue weighted by atomic mass is 10.0. The third kappa shape index (κ3) is 3.88. The van der Waals surface area contributed by atoms with Gasteiger partial charge < -0.3 is 9.72 Å². The summed E-state index contributed by atoms with van der Waals surface area (Å²) in [4.78, 5) is 17.6. The first-order valence-electron chi connectivity index (χ1n) is 10.3. The van der Waals surface area contributed by atoms with Crippen molar-refractivity contribution in [2.75, 3.05) is 5.32 Å². The fourth-order valence-corrected chi connectivity index (χ4v) is 3.99. The summed E-state index contributed by atoms with van der Waals surface area (Å²) in [6, 6.07) is 27.5. The third-order valence-electron chi connectivity index (χ3n) is 5.34. The number of imidazole rings is 1. The SMILES string of the molecule is Cc1cc(NC(=O)c2ccccc2Cl)c2nc(-c3ccc(-c4ccccc4)cc3)cn2c1. The number of amides is 1. The Morgan fingerprint density at radius 3 is 2.25 bits per heavy atom. The zero-order valence-corrected chi connectivity index (χ0v) is 18.2. The molecule has 0 bridgehead atoms. The number of pyridine rings is 1. The van der Waals surface area contributed by atoms with Gasteiger partial charge in [0, 0.05) is 18.0 Å². The van der Waals surface area contributed by atoms with Crippen LogP contribution < -0.4 is 5.32 Å². The molecule has 0 fully saturated rings. The van der Waals surface area contributed by atoms with Crippen molar-refractivity contribution in [3.05, 3.63) is 113 Å². The summed E-state index contributed by atoms with van der Waals surface area (Å²) < 4.78 is 1.94. The molecule has 0 radical (unpaired) electrons. The van der Waals surface area contributed by atoms with Gasteiger partial charge in [-0.2, -0.15) is 0 Å². The van der Waals surface area contributed by atoms with E-state index in [4.69, 9.17) is 16.6 Å². The van der Waals surface area contributed by atoms with E-state index in [1.165, 1.54) is 5.56 Å². The van der Waals surface area contributed by atoms with Gasteiger partial charge in [-0.05, 0) is 41.8 Å². The standard InChI is InChI=1S/C27H20ClN3O/c1-18-15-24(30-27(32)22-9-5-6-10-23(22)28)26-29-25(17-31(26)16-18)21-13-11-20(12-14-21)19-7-3-2-4-8-19/h2-17H,1H3,(H,30,32). The molecule has 0 aliphatic rings. The molecule has 4 nitrogen and oxygen atoms in total. The highest BCUT2D eigenvalue weighted by atomic mass is 35.5. The minimum Gasteiger partial charge on any atom is -0.319 e. The number of nitrogens with zero attached hydrogens (tertiary/aromatic N) is 2. The van der Waals surface area contributed by atoms with Crippen molar-refractivity contribution in [1.82, 2.24) is 9.38 Å². The summed E-state index contributed by atoms with van der Waals surface area (Å²) in [5.74, 6) is -0.264. The first-order chi connectivity index (χ1) is 15.6. The average molecular weight is 438 g/mol. The van der Waals surface area contributed by atoms with E-state index in [9.17, 15) is 4.79 Å². The van der Waals surface area contributed by atoms with Crippen LogP contribution in [0.5, 0.6) is 0 Å². The molecule has 32 heavy (non-hydrogen) atoms. The number of rotatable bonds is 4. The average Bonchev–Trinajstić information content (AvgIpc) is 3.24. The quantitative estimate of drug-likeness (QED) is 0.333. The zero-order valence-electron chi connectivity index (χ0n) is 17.4. The molecule has 1 amide bonds. The first-order valence-corrected chi connectivity index (χ1v) is 10.7. The minimum absolute atomic E-state index is 0.264. The van der Waals surface area contributed by atoms with Crippen LogP contribution in [0, 0.1) is 6.92 Å². The Balaban J connectivity index is 1.49. The molecule has 0 aliphatic carbocycles. The zero-order chi connectivity index (χ0) is 22.1. The molecular weight excluding hydrogens is 418 g/mol. The lowest BCUT2D eigenvalue weighted by Crippen LogP contribution is -2.13. The van der Waals surface area contributed by atoms with Crippen molar-refractivity contribution in [1.29, 1.82) is 0 Å². The van der Waals surface area contributed by atoms with Crippen LogP contribution in [0.15, 0.2) is 97.3 Å². The van der Waals surface area contributed by atoms with E-state index in [-0.39, 0.29) is 5.91 Å². The molecule has 0 spiro atoms. The van der Waals surface area contributed by atoms with Crippen molar-refractivity contribution in [3.63, 3.8) is 0 Å². The van der Waals surface area contributed by atoms with Crippen molar-refractivity contribution < 1.29 is 4.79 Å². The van der Waals surface area contributed by atoms with E-state index in [1.807, 2.05) is 48.0 Å². The summed E-state index contributed by atoms with van der Waals surface area (Å²) in [6.45, 7) is 1.99. The highest BCUT2D eigenvalue weighted by molar-refractivity contribution is 6.34. The van der Waals surface area contributed by atoms with Crippen molar-refractivity contribution in [2.45, 2.75) is 6.92 Å². The van der Waals surface area contributed by atoms with Gasteiger partial charge in [0.05, 0.1) is 22.0 Å². The summed E-state index contributed by atoms with van der Waals surface area (Å²) >= 11 is 6.19. The molecule has 0 saturated heterocycles. The smallest absolute Gasteiger partial charge is 0.257 e. The molecule has 5 aromatic rings. The van der Waals surface area contributed by atoms with Gasteiger partial charge in [-0.25, -0.2) is 4.98 Å². The highest BCUT2D eigenvalue weighted by Crippen LogP contribution is 2.28. The number of benzene rings is 3. The van der Waals surface area contributed by atoms with Gasteiger partial charge in [-0.1, -0.05) is 78.3 Å². The molecule has 1 N–H and O–H groups in total. The van der Waals surface area contributed by atoms with E-state index >= 15 is 0 Å². The normalized spacial score (nSPS) is 10.9. The van der Waals surface area contributed by atoms with Crippen LogP contribution in [0.2, 0.25) is 5.02 Å². The lowest BCUT2D eigenvalue weighted by Gasteiger charge is -2.09. The van der Waals surface area contributed by atoms with Crippen LogP contribution in [-0.4, -0.2) is 15.3 Å². The molecule has 2 aromatic heterocycles. The number of halogens is 1. The molecule has 156 valence electrons. The van der Waals surface area contributed by atoms with Crippen molar-refractivity contribution >= 4 is 28.8 Å². The fraction of sp³-hybridized carbons (Fsp3) is 0.0370. The first kappa shape index (κ1) is 20.0. The summed E-state index contributed by atoms with van der Waals surface area (Å²) in [5.41, 5.74) is 6.93. The Bertz CT molecular complexity index is 1420. The number of aryl methyl sites for hydroxylation is 1. The third-order valence-corrected chi connectivity index (χ3v) is 5.67. The number of aromatic nitrogens is 2. The molecule has 0 unspecified atom stereocenters. The Morgan fingerprint density at radius 1 is 0.844 bits per heavy atom. The van der Waals surface area contributed by atoms with E-state index in [0.29, 0.717) is 21.9 Å². The van der Waals surface area contributed by atoms with Crippen LogP contribution in [-0.2, 0) is 0 Å². The van der Waals surface area contributed by atoms with Gasteiger partial charge >= 0.3 is 0 Å². The fourth-order valence-electron chi connectivity index (χ4n) is 3.77. The van der Waals surface area contributed by atoms with E-state index in [0.717, 1.165) is 22.4 Å².